The van der Waals surface area contributed by atoms with E-state index in [9.17, 15) is 18.0 Å². The summed E-state index contributed by atoms with van der Waals surface area (Å²) < 4.78 is 31.8. The molecular weight excluding hydrogens is 368 g/mol. The van der Waals surface area contributed by atoms with E-state index in [0.29, 0.717) is 5.56 Å². The first kappa shape index (κ1) is 19.1. The minimum Gasteiger partial charge on any atom is -0.446 e. The predicted molar refractivity (Wildman–Crippen MR) is 98.1 cm³/mol. The van der Waals surface area contributed by atoms with Gasteiger partial charge in [-0.3, -0.25) is 9.59 Å². The van der Waals surface area contributed by atoms with Gasteiger partial charge in [0.25, 0.3) is 5.91 Å². The molecule has 1 atom stereocenters. The Balaban J connectivity index is 1.64. The molecule has 1 aliphatic carbocycles. The Kier molecular flexibility index (Phi) is 5.88. The Morgan fingerprint density at radius 2 is 1.59 bits per heavy atom. The second-order valence-electron chi connectivity index (χ2n) is 6.20. The summed E-state index contributed by atoms with van der Waals surface area (Å²) in [5.41, 5.74) is 0.523. The number of hydrogen-bond donors (Lipinski definition) is 2. The van der Waals surface area contributed by atoms with Gasteiger partial charge in [0.15, 0.2) is 0 Å². The highest BCUT2D eigenvalue weighted by Gasteiger charge is 2.31. The van der Waals surface area contributed by atoms with Crippen LogP contribution >= 0.6 is 0 Å². The maximum absolute atomic E-state index is 12.4. The Labute approximate surface area is 157 Å². The molecule has 2 aromatic carbocycles. The number of sulfonamides is 1. The van der Waals surface area contributed by atoms with Gasteiger partial charge in [0, 0.05) is 11.6 Å². The zero-order chi connectivity index (χ0) is 19.3. The maximum Gasteiger partial charge on any atom is 0.322 e. The molecule has 1 aliphatic rings. The second kappa shape index (κ2) is 8.32. The molecule has 8 heteroatoms. The number of carbonyl (C=O) groups excluding carboxylic acids is 2. The molecular formula is C19H20N2O5S. The Bertz CT molecular complexity index is 896. The van der Waals surface area contributed by atoms with Crippen molar-refractivity contribution >= 4 is 21.9 Å². The highest BCUT2D eigenvalue weighted by Crippen LogP contribution is 2.23. The average molecular weight is 388 g/mol. The largest absolute Gasteiger partial charge is 0.446 e. The number of benzene rings is 2. The third kappa shape index (κ3) is 5.38. The first-order valence-corrected chi connectivity index (χ1v) is 10.0. The third-order valence-corrected chi connectivity index (χ3v) is 5.39. The first-order valence-electron chi connectivity index (χ1n) is 8.55. The molecule has 0 saturated heterocycles. The van der Waals surface area contributed by atoms with Gasteiger partial charge < -0.3 is 10.1 Å². The average Bonchev–Trinajstić information content (AvgIpc) is 3.50. The molecule has 0 bridgehead atoms. The number of rotatable bonds is 8. The molecule has 1 saturated carbocycles. The summed E-state index contributed by atoms with van der Waals surface area (Å²) in [5.74, 6) is -1.25. The van der Waals surface area contributed by atoms with Crippen LogP contribution in [0, 0.1) is 0 Å². The third-order valence-electron chi connectivity index (χ3n) is 3.97. The Morgan fingerprint density at radius 1 is 1.00 bits per heavy atom. The van der Waals surface area contributed by atoms with Crippen molar-refractivity contribution in [3.8, 4) is 0 Å². The normalized spacial score (nSPS) is 15.0. The van der Waals surface area contributed by atoms with Gasteiger partial charge in [-0.1, -0.05) is 48.5 Å². The van der Waals surface area contributed by atoms with Gasteiger partial charge >= 0.3 is 5.97 Å². The molecule has 27 heavy (non-hydrogen) atoms. The molecule has 0 spiro atoms. The summed E-state index contributed by atoms with van der Waals surface area (Å²) in [4.78, 5) is 24.7. The fraction of sp³-hybridized carbons (Fsp3) is 0.263. The van der Waals surface area contributed by atoms with E-state index >= 15 is 0 Å². The van der Waals surface area contributed by atoms with Gasteiger partial charge in [0.05, 0.1) is 4.90 Å². The minimum atomic E-state index is -3.84. The molecule has 0 radical (unpaired) electrons. The molecule has 0 aliphatic heterocycles. The molecule has 1 fully saturated rings. The first-order chi connectivity index (χ1) is 13.0. The molecule has 7 nitrogen and oxygen atoms in total. The quantitative estimate of drug-likeness (QED) is 0.668. The van der Waals surface area contributed by atoms with Crippen LogP contribution in [0.5, 0.6) is 0 Å². The summed E-state index contributed by atoms with van der Waals surface area (Å²) in [5, 5.41) is 2.80. The van der Waals surface area contributed by atoms with Crippen LogP contribution in [0.1, 0.15) is 24.5 Å². The SMILES string of the molecule is O=C(CNS(=O)(=O)c1ccccc1)O[C@@H](C(=O)NC1CC1)c1ccccc1. The maximum atomic E-state index is 12.4. The summed E-state index contributed by atoms with van der Waals surface area (Å²) in [6, 6.07) is 16.4. The van der Waals surface area contributed by atoms with Crippen LogP contribution in [-0.2, 0) is 24.3 Å². The number of nitrogens with one attached hydrogen (secondary N) is 2. The lowest BCUT2D eigenvalue weighted by Crippen LogP contribution is -2.36. The summed E-state index contributed by atoms with van der Waals surface area (Å²) >= 11 is 0. The molecule has 2 N–H and O–H groups in total. The summed E-state index contributed by atoms with van der Waals surface area (Å²) in [7, 11) is -3.84. The van der Waals surface area contributed by atoms with E-state index in [1.54, 1.807) is 48.5 Å². The van der Waals surface area contributed by atoms with Crippen LogP contribution in [-0.4, -0.2) is 32.9 Å². The van der Waals surface area contributed by atoms with Gasteiger partial charge in [-0.05, 0) is 25.0 Å². The smallest absolute Gasteiger partial charge is 0.322 e. The monoisotopic (exact) mass is 388 g/mol. The van der Waals surface area contributed by atoms with Crippen molar-refractivity contribution in [3.05, 3.63) is 66.2 Å². The van der Waals surface area contributed by atoms with Crippen LogP contribution in [0.3, 0.4) is 0 Å². The fourth-order valence-electron chi connectivity index (χ4n) is 2.42. The zero-order valence-electron chi connectivity index (χ0n) is 14.5. The molecule has 0 heterocycles. The number of ether oxygens (including phenoxy) is 1. The minimum absolute atomic E-state index is 0.0453. The number of hydrogen-bond acceptors (Lipinski definition) is 5. The van der Waals surface area contributed by atoms with Crippen molar-refractivity contribution in [2.45, 2.75) is 29.9 Å². The lowest BCUT2D eigenvalue weighted by molar-refractivity contribution is -0.155. The van der Waals surface area contributed by atoms with E-state index in [1.165, 1.54) is 12.1 Å². The zero-order valence-corrected chi connectivity index (χ0v) is 15.3. The van der Waals surface area contributed by atoms with Gasteiger partial charge in [-0.25, -0.2) is 8.42 Å². The van der Waals surface area contributed by atoms with Crippen molar-refractivity contribution < 1.29 is 22.7 Å². The highest BCUT2D eigenvalue weighted by molar-refractivity contribution is 7.89. The molecule has 3 rings (SSSR count). The van der Waals surface area contributed by atoms with Gasteiger partial charge in [-0.2, -0.15) is 4.72 Å². The van der Waals surface area contributed by atoms with Crippen LogP contribution < -0.4 is 10.0 Å². The lowest BCUT2D eigenvalue weighted by Gasteiger charge is -2.18. The van der Waals surface area contributed by atoms with E-state index in [2.05, 4.69) is 10.0 Å². The van der Waals surface area contributed by atoms with Crippen molar-refractivity contribution in [1.82, 2.24) is 10.0 Å². The van der Waals surface area contributed by atoms with Crippen molar-refractivity contribution in [2.24, 2.45) is 0 Å². The van der Waals surface area contributed by atoms with E-state index in [-0.39, 0.29) is 10.9 Å². The van der Waals surface area contributed by atoms with Crippen molar-refractivity contribution in [2.75, 3.05) is 6.54 Å². The lowest BCUT2D eigenvalue weighted by atomic mass is 10.1. The highest BCUT2D eigenvalue weighted by atomic mass is 32.2. The summed E-state index contributed by atoms with van der Waals surface area (Å²) in [6.45, 7) is -0.572. The fourth-order valence-corrected chi connectivity index (χ4v) is 3.41. The van der Waals surface area contributed by atoms with Gasteiger partial charge in [-0.15, -0.1) is 0 Å². The number of esters is 1. The summed E-state index contributed by atoms with van der Waals surface area (Å²) in [6.07, 6.45) is 0.677. The van der Waals surface area contributed by atoms with Crippen molar-refractivity contribution in [1.29, 1.82) is 0 Å². The van der Waals surface area contributed by atoms with Gasteiger partial charge in [0.1, 0.15) is 6.54 Å². The number of carbonyl (C=O) groups is 2. The van der Waals surface area contributed by atoms with E-state index in [0.717, 1.165) is 12.8 Å². The molecule has 2 aromatic rings. The van der Waals surface area contributed by atoms with Gasteiger partial charge in [0.2, 0.25) is 16.1 Å². The van der Waals surface area contributed by atoms with Crippen LogP contribution in [0.2, 0.25) is 0 Å². The molecule has 0 aromatic heterocycles. The Hall–Kier alpha value is -2.71. The standard InChI is InChI=1S/C19H20N2O5S/c22-17(13-20-27(24,25)16-9-5-2-6-10-16)26-18(14-7-3-1-4-8-14)19(23)21-15-11-12-15/h1-10,15,18,20H,11-13H2,(H,21,23)/t18-/m1/s1. The Morgan fingerprint density at radius 3 is 2.19 bits per heavy atom. The molecule has 1 amide bonds. The second-order valence-corrected chi connectivity index (χ2v) is 7.97. The predicted octanol–water partition coefficient (Wildman–Crippen LogP) is 1.53. The van der Waals surface area contributed by atoms with Crippen LogP contribution in [0.15, 0.2) is 65.6 Å². The van der Waals surface area contributed by atoms with Crippen LogP contribution in [0.25, 0.3) is 0 Å². The van der Waals surface area contributed by atoms with Crippen molar-refractivity contribution in [3.63, 3.8) is 0 Å². The topological polar surface area (TPSA) is 102 Å². The number of amides is 1. The van der Waals surface area contributed by atoms with E-state index < -0.39 is 34.5 Å². The van der Waals surface area contributed by atoms with E-state index in [4.69, 9.17) is 4.74 Å². The molecule has 0 unspecified atom stereocenters. The van der Waals surface area contributed by atoms with Crippen LogP contribution in [0.4, 0.5) is 0 Å². The molecule has 142 valence electrons. The van der Waals surface area contributed by atoms with E-state index in [1.807, 2.05) is 0 Å².